The van der Waals surface area contributed by atoms with E-state index in [0.29, 0.717) is 15.6 Å². The third-order valence-electron chi connectivity index (χ3n) is 1.37. The molecule has 0 bridgehead atoms. The molecule has 0 aliphatic heterocycles. The average molecular weight is 256 g/mol. The lowest BCUT2D eigenvalue weighted by molar-refractivity contribution is 0.308. The summed E-state index contributed by atoms with van der Waals surface area (Å²) in [6.45, 7) is -0.157. The van der Waals surface area contributed by atoms with Crippen molar-refractivity contribution < 1.29 is 12.6 Å². The Labute approximate surface area is 91.8 Å². The zero-order valence-corrected chi connectivity index (χ0v) is 9.23. The minimum absolute atomic E-state index is 0.157. The van der Waals surface area contributed by atoms with Crippen LogP contribution in [-0.2, 0) is 21.1 Å². The first-order valence-electron chi connectivity index (χ1n) is 3.49. The lowest BCUT2D eigenvalue weighted by Crippen LogP contribution is -2.15. The van der Waals surface area contributed by atoms with Crippen LogP contribution in [0.4, 0.5) is 0 Å². The second-order valence-corrected chi connectivity index (χ2v) is 4.54. The van der Waals surface area contributed by atoms with Crippen LogP contribution in [0, 0.1) is 0 Å². The van der Waals surface area contributed by atoms with Crippen molar-refractivity contribution in [1.82, 2.24) is 0 Å². The van der Waals surface area contributed by atoms with Crippen molar-refractivity contribution in [1.29, 1.82) is 0 Å². The van der Waals surface area contributed by atoms with Crippen molar-refractivity contribution in [2.45, 2.75) is 6.61 Å². The highest BCUT2D eigenvalue weighted by Gasteiger charge is 2.04. The summed E-state index contributed by atoms with van der Waals surface area (Å²) in [4.78, 5) is 0. The quantitative estimate of drug-likeness (QED) is 0.894. The summed E-state index contributed by atoms with van der Waals surface area (Å²) in [6.07, 6.45) is 0. The number of hydrogen-bond acceptors (Lipinski definition) is 3. The topological polar surface area (TPSA) is 69.4 Å². The van der Waals surface area contributed by atoms with E-state index in [1.54, 1.807) is 12.1 Å². The number of halogens is 2. The van der Waals surface area contributed by atoms with Crippen molar-refractivity contribution in [3.05, 3.63) is 33.8 Å². The maximum Gasteiger partial charge on any atom is 0.333 e. The Balaban J connectivity index is 2.74. The number of rotatable bonds is 3. The molecule has 0 heterocycles. The van der Waals surface area contributed by atoms with Gasteiger partial charge >= 0.3 is 10.3 Å². The van der Waals surface area contributed by atoms with Crippen molar-refractivity contribution >= 4 is 33.5 Å². The smallest absolute Gasteiger partial charge is 0.253 e. The Kier molecular flexibility index (Phi) is 3.74. The molecule has 0 aliphatic rings. The van der Waals surface area contributed by atoms with Gasteiger partial charge in [-0.25, -0.2) is 5.14 Å². The average Bonchev–Trinajstić information content (AvgIpc) is 2.06. The molecule has 0 saturated carbocycles. The van der Waals surface area contributed by atoms with Gasteiger partial charge in [0, 0.05) is 0 Å². The largest absolute Gasteiger partial charge is 0.333 e. The van der Waals surface area contributed by atoms with Crippen LogP contribution in [0.25, 0.3) is 0 Å². The molecule has 0 radical (unpaired) electrons. The Morgan fingerprint density at radius 1 is 1.29 bits per heavy atom. The van der Waals surface area contributed by atoms with Gasteiger partial charge < -0.3 is 0 Å². The molecule has 0 fully saturated rings. The van der Waals surface area contributed by atoms with Crippen LogP contribution in [0.3, 0.4) is 0 Å². The highest BCUT2D eigenvalue weighted by Crippen LogP contribution is 2.22. The third-order valence-corrected chi connectivity index (χ3v) is 2.56. The summed E-state index contributed by atoms with van der Waals surface area (Å²) in [6, 6.07) is 4.65. The van der Waals surface area contributed by atoms with E-state index >= 15 is 0 Å². The first-order valence-corrected chi connectivity index (χ1v) is 5.72. The van der Waals surface area contributed by atoms with E-state index in [0.717, 1.165) is 0 Å². The second-order valence-electron chi connectivity index (χ2n) is 2.50. The molecule has 4 nitrogen and oxygen atoms in total. The summed E-state index contributed by atoms with van der Waals surface area (Å²) in [5.74, 6) is 0. The Bertz CT molecular complexity index is 433. The van der Waals surface area contributed by atoms with Crippen molar-refractivity contribution in [3.63, 3.8) is 0 Å². The predicted molar refractivity (Wildman–Crippen MR) is 54.4 cm³/mol. The molecule has 78 valence electrons. The molecule has 2 N–H and O–H groups in total. The fourth-order valence-electron chi connectivity index (χ4n) is 0.780. The Morgan fingerprint density at radius 2 is 1.93 bits per heavy atom. The van der Waals surface area contributed by atoms with Gasteiger partial charge in [-0.15, -0.1) is 0 Å². The van der Waals surface area contributed by atoms with Crippen LogP contribution in [0.2, 0.25) is 10.0 Å². The van der Waals surface area contributed by atoms with Gasteiger partial charge in [-0.1, -0.05) is 29.3 Å². The minimum Gasteiger partial charge on any atom is -0.253 e. The van der Waals surface area contributed by atoms with Gasteiger partial charge in [0.1, 0.15) is 0 Å². The second kappa shape index (κ2) is 4.46. The molecular formula is C7H7Cl2NO3S. The van der Waals surface area contributed by atoms with E-state index in [9.17, 15) is 8.42 Å². The Hall–Kier alpha value is -0.330. The molecule has 1 rings (SSSR count). The highest BCUT2D eigenvalue weighted by atomic mass is 35.5. The molecular weight excluding hydrogens is 249 g/mol. The fourth-order valence-corrected chi connectivity index (χ4v) is 1.40. The van der Waals surface area contributed by atoms with E-state index in [1.807, 2.05) is 0 Å². The van der Waals surface area contributed by atoms with Crippen molar-refractivity contribution in [2.75, 3.05) is 0 Å². The molecule has 0 saturated heterocycles. The first-order chi connectivity index (χ1) is 6.38. The van der Waals surface area contributed by atoms with Gasteiger partial charge in [0.25, 0.3) is 0 Å². The molecule has 0 spiro atoms. The predicted octanol–water partition coefficient (Wildman–Crippen LogP) is 1.71. The molecule has 14 heavy (non-hydrogen) atoms. The standard InChI is InChI=1S/C7H7Cl2NO3S/c8-6-2-1-5(3-7(6)9)4-13-14(10,11)12/h1-3H,4H2,(H2,10,11,12). The van der Waals surface area contributed by atoms with Crippen molar-refractivity contribution in [3.8, 4) is 0 Å². The maximum absolute atomic E-state index is 10.5. The molecule has 0 atom stereocenters. The molecule has 0 amide bonds. The van der Waals surface area contributed by atoms with E-state index in [4.69, 9.17) is 23.2 Å². The van der Waals surface area contributed by atoms with Crippen LogP contribution >= 0.6 is 23.2 Å². The molecule has 1 aromatic rings. The normalized spacial score (nSPS) is 11.6. The fraction of sp³-hybridized carbons (Fsp3) is 0.143. The van der Waals surface area contributed by atoms with E-state index < -0.39 is 10.3 Å². The summed E-state index contributed by atoms with van der Waals surface area (Å²) in [5, 5.41) is 5.37. The summed E-state index contributed by atoms with van der Waals surface area (Å²) in [7, 11) is -3.92. The van der Waals surface area contributed by atoms with Crippen LogP contribution in [0.15, 0.2) is 18.2 Å². The van der Waals surface area contributed by atoms with Gasteiger partial charge in [-0.2, -0.15) is 8.42 Å². The van der Waals surface area contributed by atoms with Crippen molar-refractivity contribution in [2.24, 2.45) is 5.14 Å². The minimum atomic E-state index is -3.92. The molecule has 0 unspecified atom stereocenters. The molecule has 7 heteroatoms. The van der Waals surface area contributed by atoms with Gasteiger partial charge in [-0.3, -0.25) is 4.18 Å². The third kappa shape index (κ3) is 3.81. The van der Waals surface area contributed by atoms with Gasteiger partial charge in [0.2, 0.25) is 0 Å². The summed E-state index contributed by atoms with van der Waals surface area (Å²) < 4.78 is 25.3. The lowest BCUT2D eigenvalue weighted by Gasteiger charge is -2.02. The first kappa shape index (κ1) is 11.7. The van der Waals surface area contributed by atoms with Gasteiger partial charge in [0.15, 0.2) is 0 Å². The highest BCUT2D eigenvalue weighted by molar-refractivity contribution is 7.84. The van der Waals surface area contributed by atoms with Crippen LogP contribution in [-0.4, -0.2) is 8.42 Å². The van der Waals surface area contributed by atoms with Gasteiger partial charge in [0.05, 0.1) is 16.7 Å². The number of nitrogens with two attached hydrogens (primary N) is 1. The molecule has 0 aromatic heterocycles. The SMILES string of the molecule is NS(=O)(=O)OCc1ccc(Cl)c(Cl)c1. The maximum atomic E-state index is 10.5. The Morgan fingerprint density at radius 3 is 2.43 bits per heavy atom. The van der Waals surface area contributed by atoms with E-state index in [2.05, 4.69) is 9.32 Å². The molecule has 0 aliphatic carbocycles. The zero-order valence-electron chi connectivity index (χ0n) is 6.91. The monoisotopic (exact) mass is 255 g/mol. The number of benzene rings is 1. The van der Waals surface area contributed by atoms with Crippen LogP contribution in [0.5, 0.6) is 0 Å². The summed E-state index contributed by atoms with van der Waals surface area (Å²) in [5.41, 5.74) is 0.577. The van der Waals surface area contributed by atoms with E-state index in [1.165, 1.54) is 6.07 Å². The molecule has 1 aromatic carbocycles. The van der Waals surface area contributed by atoms with E-state index in [-0.39, 0.29) is 6.61 Å². The zero-order chi connectivity index (χ0) is 10.8. The van der Waals surface area contributed by atoms with Crippen LogP contribution < -0.4 is 5.14 Å². The summed E-state index contributed by atoms with van der Waals surface area (Å²) >= 11 is 11.4. The number of hydrogen-bond donors (Lipinski definition) is 1. The van der Waals surface area contributed by atoms with Crippen LogP contribution in [0.1, 0.15) is 5.56 Å². The van der Waals surface area contributed by atoms with Gasteiger partial charge in [-0.05, 0) is 17.7 Å². The lowest BCUT2D eigenvalue weighted by atomic mass is 10.2.